The first-order chi connectivity index (χ1) is 8.15. The maximum atomic E-state index is 6.05. The maximum absolute atomic E-state index is 6.05. The average molecular weight is 241 g/mol. The van der Waals surface area contributed by atoms with E-state index in [1.165, 1.54) is 32.1 Å². The first-order valence-electron chi connectivity index (χ1n) is 7.50. The number of ether oxygens (including phenoxy) is 1. The molecule has 3 atom stereocenters. The molecule has 17 heavy (non-hydrogen) atoms. The van der Waals surface area contributed by atoms with Crippen molar-refractivity contribution >= 4 is 0 Å². The van der Waals surface area contributed by atoms with Crippen molar-refractivity contribution in [3.8, 4) is 0 Å². The third kappa shape index (κ3) is 5.39. The van der Waals surface area contributed by atoms with Crippen molar-refractivity contribution in [1.82, 2.24) is 5.32 Å². The zero-order valence-electron chi connectivity index (χ0n) is 12.2. The van der Waals surface area contributed by atoms with Gasteiger partial charge >= 0.3 is 0 Å². The Morgan fingerprint density at radius 1 is 1.18 bits per heavy atom. The number of hydrogen-bond donors (Lipinski definition) is 1. The minimum atomic E-state index is 0.532. The fraction of sp³-hybridized carbons (Fsp3) is 1.00. The van der Waals surface area contributed by atoms with Crippen LogP contribution in [0.4, 0.5) is 0 Å². The van der Waals surface area contributed by atoms with Crippen molar-refractivity contribution < 1.29 is 4.74 Å². The molecule has 0 amide bonds. The molecule has 0 aromatic carbocycles. The second-order valence-corrected chi connectivity index (χ2v) is 5.85. The van der Waals surface area contributed by atoms with Crippen LogP contribution in [0.3, 0.4) is 0 Å². The van der Waals surface area contributed by atoms with E-state index in [1.54, 1.807) is 0 Å². The van der Waals surface area contributed by atoms with Gasteiger partial charge in [-0.3, -0.25) is 0 Å². The molecule has 1 aliphatic rings. The van der Waals surface area contributed by atoms with Gasteiger partial charge < -0.3 is 10.1 Å². The molecule has 3 unspecified atom stereocenters. The van der Waals surface area contributed by atoms with Crippen LogP contribution >= 0.6 is 0 Å². The summed E-state index contributed by atoms with van der Waals surface area (Å²) >= 11 is 0. The van der Waals surface area contributed by atoms with Crippen LogP contribution in [0.2, 0.25) is 0 Å². The molecular weight excluding hydrogens is 210 g/mol. The van der Waals surface area contributed by atoms with Gasteiger partial charge in [0, 0.05) is 12.6 Å². The summed E-state index contributed by atoms with van der Waals surface area (Å²) in [5, 5.41) is 3.53. The van der Waals surface area contributed by atoms with E-state index in [4.69, 9.17) is 4.74 Å². The molecular formula is C15H31NO. The smallest absolute Gasteiger partial charge is 0.0603 e. The Labute approximate surface area is 108 Å². The van der Waals surface area contributed by atoms with E-state index < -0.39 is 0 Å². The highest BCUT2D eigenvalue weighted by molar-refractivity contribution is 4.75. The van der Waals surface area contributed by atoms with E-state index >= 15 is 0 Å². The minimum Gasteiger partial charge on any atom is -0.377 e. The molecule has 0 aromatic heterocycles. The van der Waals surface area contributed by atoms with Gasteiger partial charge in [0.1, 0.15) is 0 Å². The zero-order chi connectivity index (χ0) is 12.7. The first kappa shape index (κ1) is 15.0. The highest BCUT2D eigenvalue weighted by Crippen LogP contribution is 2.28. The fourth-order valence-corrected chi connectivity index (χ4v) is 2.59. The van der Waals surface area contributed by atoms with Crippen molar-refractivity contribution in [1.29, 1.82) is 0 Å². The van der Waals surface area contributed by atoms with Crippen LogP contribution in [0.25, 0.3) is 0 Å². The molecule has 0 aromatic rings. The summed E-state index contributed by atoms with van der Waals surface area (Å²) in [6.07, 6.45) is 7.22. The van der Waals surface area contributed by atoms with Crippen molar-refractivity contribution in [3.63, 3.8) is 0 Å². The van der Waals surface area contributed by atoms with Gasteiger partial charge in [-0.15, -0.1) is 0 Å². The lowest BCUT2D eigenvalue weighted by molar-refractivity contribution is -0.0110. The van der Waals surface area contributed by atoms with E-state index in [9.17, 15) is 0 Å². The highest BCUT2D eigenvalue weighted by atomic mass is 16.5. The van der Waals surface area contributed by atoms with Gasteiger partial charge in [0.05, 0.1) is 12.7 Å². The Hall–Kier alpha value is -0.0800. The van der Waals surface area contributed by atoms with Crippen molar-refractivity contribution in [3.05, 3.63) is 0 Å². The van der Waals surface area contributed by atoms with E-state index in [0.29, 0.717) is 18.1 Å². The lowest BCUT2D eigenvalue weighted by atomic mass is 9.85. The maximum Gasteiger partial charge on any atom is 0.0603 e. The molecule has 1 rings (SSSR count). The van der Waals surface area contributed by atoms with Crippen LogP contribution in [0.15, 0.2) is 0 Å². The Morgan fingerprint density at radius 2 is 1.88 bits per heavy atom. The average Bonchev–Trinajstić information content (AvgIpc) is 2.34. The molecule has 1 N–H and O–H groups in total. The van der Waals surface area contributed by atoms with Crippen LogP contribution in [0, 0.1) is 11.8 Å². The Morgan fingerprint density at radius 3 is 2.53 bits per heavy atom. The zero-order valence-corrected chi connectivity index (χ0v) is 12.2. The monoisotopic (exact) mass is 241 g/mol. The first-order valence-corrected chi connectivity index (χ1v) is 7.50. The summed E-state index contributed by atoms with van der Waals surface area (Å²) in [5.74, 6) is 1.51. The van der Waals surface area contributed by atoms with Crippen LogP contribution in [0.1, 0.15) is 59.8 Å². The topological polar surface area (TPSA) is 21.3 Å². The normalized spacial score (nSPS) is 27.4. The Balaban J connectivity index is 2.12. The number of rotatable bonds is 7. The summed E-state index contributed by atoms with van der Waals surface area (Å²) in [6, 6.07) is 0.590. The standard InChI is InChI=1S/C15H31NO/c1-5-14-8-6-7-9-15(14)17-11-10-16-13(4)12(2)3/h12-16H,5-11H2,1-4H3. The molecule has 1 saturated carbocycles. The molecule has 102 valence electrons. The van der Waals surface area contributed by atoms with Crippen molar-refractivity contribution in [2.45, 2.75) is 71.9 Å². The van der Waals surface area contributed by atoms with Crippen LogP contribution in [-0.2, 0) is 4.74 Å². The molecule has 0 bridgehead atoms. The Bertz CT molecular complexity index is 193. The summed E-state index contributed by atoms with van der Waals surface area (Å²) in [5.41, 5.74) is 0. The quantitative estimate of drug-likeness (QED) is 0.688. The Kier molecular flexibility index (Phi) is 7.14. The summed E-state index contributed by atoms with van der Waals surface area (Å²) < 4.78 is 6.05. The van der Waals surface area contributed by atoms with Crippen molar-refractivity contribution in [2.24, 2.45) is 11.8 Å². The molecule has 1 aliphatic carbocycles. The number of hydrogen-bond acceptors (Lipinski definition) is 2. The van der Waals surface area contributed by atoms with Gasteiger partial charge in [-0.05, 0) is 31.6 Å². The molecule has 0 aliphatic heterocycles. The summed E-state index contributed by atoms with van der Waals surface area (Å²) in [7, 11) is 0. The van der Waals surface area contributed by atoms with Gasteiger partial charge in [-0.25, -0.2) is 0 Å². The van der Waals surface area contributed by atoms with E-state index in [2.05, 4.69) is 33.0 Å². The molecule has 2 nitrogen and oxygen atoms in total. The third-order valence-electron chi connectivity index (χ3n) is 4.26. The fourth-order valence-electron chi connectivity index (χ4n) is 2.59. The van der Waals surface area contributed by atoms with Crippen LogP contribution < -0.4 is 5.32 Å². The van der Waals surface area contributed by atoms with Gasteiger partial charge in [0.25, 0.3) is 0 Å². The SMILES string of the molecule is CCC1CCCCC1OCCNC(C)C(C)C. The predicted molar refractivity (Wildman–Crippen MR) is 74.3 cm³/mol. The minimum absolute atomic E-state index is 0.532. The molecule has 1 fully saturated rings. The number of nitrogens with one attached hydrogen (secondary N) is 1. The predicted octanol–water partition coefficient (Wildman–Crippen LogP) is 3.61. The molecule has 0 heterocycles. The second kappa shape index (κ2) is 8.10. The van der Waals surface area contributed by atoms with E-state index in [1.807, 2.05) is 0 Å². The third-order valence-corrected chi connectivity index (χ3v) is 4.26. The van der Waals surface area contributed by atoms with Crippen LogP contribution in [0.5, 0.6) is 0 Å². The van der Waals surface area contributed by atoms with Gasteiger partial charge in [-0.2, -0.15) is 0 Å². The van der Waals surface area contributed by atoms with E-state index in [0.717, 1.165) is 19.1 Å². The molecule has 0 radical (unpaired) electrons. The highest BCUT2D eigenvalue weighted by Gasteiger charge is 2.23. The molecule has 0 saturated heterocycles. The van der Waals surface area contributed by atoms with Gasteiger partial charge in [-0.1, -0.05) is 40.0 Å². The van der Waals surface area contributed by atoms with E-state index in [-0.39, 0.29) is 0 Å². The molecule has 0 spiro atoms. The lowest BCUT2D eigenvalue weighted by Crippen LogP contribution is -2.35. The molecule has 2 heteroatoms. The van der Waals surface area contributed by atoms with Gasteiger partial charge in [0.2, 0.25) is 0 Å². The summed E-state index contributed by atoms with van der Waals surface area (Å²) in [4.78, 5) is 0. The second-order valence-electron chi connectivity index (χ2n) is 5.85. The van der Waals surface area contributed by atoms with Crippen molar-refractivity contribution in [2.75, 3.05) is 13.2 Å². The largest absolute Gasteiger partial charge is 0.377 e. The van der Waals surface area contributed by atoms with Gasteiger partial charge in [0.15, 0.2) is 0 Å². The van der Waals surface area contributed by atoms with Crippen LogP contribution in [-0.4, -0.2) is 25.3 Å². The lowest BCUT2D eigenvalue weighted by Gasteiger charge is -2.31. The summed E-state index contributed by atoms with van der Waals surface area (Å²) in [6.45, 7) is 10.9.